The molecule has 0 bridgehead atoms. The number of hydrogen-bond acceptors (Lipinski definition) is 5. The SMILES string of the molecule is N#CCSc1ccccc1NC(=O)COC(=O)c1ccc(Cl)cc1F. The lowest BCUT2D eigenvalue weighted by Gasteiger charge is -2.10. The van der Waals surface area contributed by atoms with Crippen molar-refractivity contribution < 1.29 is 18.7 Å². The number of hydrogen-bond donors (Lipinski definition) is 1. The third kappa shape index (κ3) is 5.48. The predicted molar refractivity (Wildman–Crippen MR) is 93.1 cm³/mol. The average Bonchev–Trinajstić information content (AvgIpc) is 2.59. The van der Waals surface area contributed by atoms with Gasteiger partial charge in [0.05, 0.1) is 23.1 Å². The monoisotopic (exact) mass is 378 g/mol. The Balaban J connectivity index is 1.95. The first-order valence-electron chi connectivity index (χ1n) is 7.02. The topological polar surface area (TPSA) is 79.2 Å². The highest BCUT2D eigenvalue weighted by Crippen LogP contribution is 2.26. The summed E-state index contributed by atoms with van der Waals surface area (Å²) < 4.78 is 18.4. The number of halogens is 2. The van der Waals surface area contributed by atoms with Crippen LogP contribution >= 0.6 is 23.4 Å². The lowest BCUT2D eigenvalue weighted by Crippen LogP contribution is -2.21. The van der Waals surface area contributed by atoms with Crippen LogP contribution in [0, 0.1) is 17.1 Å². The number of nitrogens with one attached hydrogen (secondary N) is 1. The maximum Gasteiger partial charge on any atom is 0.341 e. The molecule has 0 heterocycles. The Morgan fingerprint density at radius 2 is 2.04 bits per heavy atom. The van der Waals surface area contributed by atoms with Crippen LogP contribution in [0.3, 0.4) is 0 Å². The van der Waals surface area contributed by atoms with E-state index in [0.29, 0.717) is 10.6 Å². The minimum absolute atomic E-state index is 0.151. The second kappa shape index (κ2) is 9.06. The number of benzene rings is 2. The standard InChI is InChI=1S/C17H12ClFN2O3S/c18-11-5-6-12(13(19)9-11)17(23)24-10-16(22)21-14-3-1-2-4-15(14)25-8-7-20/h1-6,9H,8,10H2,(H,21,22). The first-order valence-corrected chi connectivity index (χ1v) is 8.38. The second-order valence-electron chi connectivity index (χ2n) is 4.69. The van der Waals surface area contributed by atoms with Gasteiger partial charge < -0.3 is 10.1 Å². The Bertz CT molecular complexity index is 839. The third-order valence-corrected chi connectivity index (χ3v) is 4.11. The summed E-state index contributed by atoms with van der Waals surface area (Å²) in [5.41, 5.74) is 0.198. The number of rotatable bonds is 6. The summed E-state index contributed by atoms with van der Waals surface area (Å²) in [5.74, 6) is -2.13. The number of thioether (sulfide) groups is 1. The molecule has 5 nitrogen and oxygen atoms in total. The molecule has 128 valence electrons. The Hall–Kier alpha value is -2.56. The van der Waals surface area contributed by atoms with Crippen molar-refractivity contribution in [2.75, 3.05) is 17.7 Å². The van der Waals surface area contributed by atoms with E-state index in [1.165, 1.54) is 23.9 Å². The number of para-hydroxylation sites is 1. The van der Waals surface area contributed by atoms with Crippen molar-refractivity contribution in [3.05, 3.63) is 58.9 Å². The minimum atomic E-state index is -0.962. The zero-order valence-electron chi connectivity index (χ0n) is 12.8. The quantitative estimate of drug-likeness (QED) is 0.609. The number of ether oxygens (including phenoxy) is 1. The van der Waals surface area contributed by atoms with Gasteiger partial charge in [0.25, 0.3) is 5.91 Å². The molecule has 0 aliphatic rings. The number of nitrogens with zero attached hydrogens (tertiary/aromatic N) is 1. The van der Waals surface area contributed by atoms with Crippen molar-refractivity contribution in [1.29, 1.82) is 5.26 Å². The molecule has 8 heteroatoms. The van der Waals surface area contributed by atoms with Gasteiger partial charge in [0.1, 0.15) is 5.82 Å². The fourth-order valence-electron chi connectivity index (χ4n) is 1.86. The van der Waals surface area contributed by atoms with Crippen LogP contribution in [0.1, 0.15) is 10.4 Å². The normalized spacial score (nSPS) is 9.96. The Kier molecular flexibility index (Phi) is 6.81. The number of nitriles is 1. The molecule has 0 atom stereocenters. The van der Waals surface area contributed by atoms with E-state index in [1.807, 2.05) is 6.07 Å². The Morgan fingerprint density at radius 3 is 2.76 bits per heavy atom. The van der Waals surface area contributed by atoms with Gasteiger partial charge in [0.2, 0.25) is 0 Å². The lowest BCUT2D eigenvalue weighted by molar-refractivity contribution is -0.119. The first kappa shape index (κ1) is 18.8. The molecule has 2 aromatic carbocycles. The molecule has 1 N–H and O–H groups in total. The van der Waals surface area contributed by atoms with Crippen LogP contribution in [0.15, 0.2) is 47.4 Å². The number of anilines is 1. The highest BCUT2D eigenvalue weighted by molar-refractivity contribution is 7.99. The summed E-state index contributed by atoms with van der Waals surface area (Å²) in [7, 11) is 0. The fraction of sp³-hybridized carbons (Fsp3) is 0.118. The zero-order valence-corrected chi connectivity index (χ0v) is 14.4. The largest absolute Gasteiger partial charge is 0.452 e. The smallest absolute Gasteiger partial charge is 0.341 e. The maximum absolute atomic E-state index is 13.6. The summed E-state index contributed by atoms with van der Waals surface area (Å²) in [4.78, 5) is 24.5. The van der Waals surface area contributed by atoms with Gasteiger partial charge in [-0.25, -0.2) is 9.18 Å². The van der Waals surface area contributed by atoms with E-state index >= 15 is 0 Å². The average molecular weight is 379 g/mol. The van der Waals surface area contributed by atoms with Crippen molar-refractivity contribution in [2.24, 2.45) is 0 Å². The van der Waals surface area contributed by atoms with E-state index in [9.17, 15) is 14.0 Å². The maximum atomic E-state index is 13.6. The molecular formula is C17H12ClFN2O3S. The van der Waals surface area contributed by atoms with Gasteiger partial charge in [-0.1, -0.05) is 23.7 Å². The highest BCUT2D eigenvalue weighted by Gasteiger charge is 2.15. The molecule has 0 unspecified atom stereocenters. The minimum Gasteiger partial charge on any atom is -0.452 e. The molecule has 25 heavy (non-hydrogen) atoms. The van der Waals surface area contributed by atoms with Gasteiger partial charge in [-0.2, -0.15) is 5.26 Å². The van der Waals surface area contributed by atoms with Crippen LogP contribution in [0.2, 0.25) is 5.02 Å². The van der Waals surface area contributed by atoms with E-state index in [4.69, 9.17) is 21.6 Å². The number of carbonyl (C=O) groups is 2. The third-order valence-electron chi connectivity index (χ3n) is 2.94. The summed E-state index contributed by atoms with van der Waals surface area (Å²) in [5, 5.41) is 11.4. The van der Waals surface area contributed by atoms with E-state index in [0.717, 1.165) is 6.07 Å². The van der Waals surface area contributed by atoms with Crippen LogP contribution in [-0.4, -0.2) is 24.2 Å². The van der Waals surface area contributed by atoms with Crippen LogP contribution in [0.5, 0.6) is 0 Å². The van der Waals surface area contributed by atoms with Crippen molar-refractivity contribution in [2.45, 2.75) is 4.90 Å². The molecule has 0 aliphatic heterocycles. The molecule has 0 saturated heterocycles. The fourth-order valence-corrected chi connectivity index (χ4v) is 2.68. The van der Waals surface area contributed by atoms with Crippen LogP contribution in [-0.2, 0) is 9.53 Å². The van der Waals surface area contributed by atoms with Gasteiger partial charge in [-0.15, -0.1) is 11.8 Å². The number of esters is 1. The summed E-state index contributed by atoms with van der Waals surface area (Å²) in [6.45, 7) is -0.571. The molecule has 0 fully saturated rings. The van der Waals surface area contributed by atoms with Crippen molar-refractivity contribution >= 4 is 40.9 Å². The molecule has 0 saturated carbocycles. The van der Waals surface area contributed by atoms with Crippen LogP contribution in [0.4, 0.5) is 10.1 Å². The van der Waals surface area contributed by atoms with Crippen LogP contribution in [0.25, 0.3) is 0 Å². The van der Waals surface area contributed by atoms with Gasteiger partial charge in [0, 0.05) is 9.92 Å². The van der Waals surface area contributed by atoms with Crippen LogP contribution < -0.4 is 5.32 Å². The molecule has 0 aromatic heterocycles. The lowest BCUT2D eigenvalue weighted by atomic mass is 10.2. The molecule has 2 aromatic rings. The van der Waals surface area contributed by atoms with Gasteiger partial charge >= 0.3 is 5.97 Å². The summed E-state index contributed by atoms with van der Waals surface area (Å²) in [6.07, 6.45) is 0. The first-order chi connectivity index (χ1) is 12.0. The van der Waals surface area contributed by atoms with Crippen molar-refractivity contribution in [1.82, 2.24) is 0 Å². The van der Waals surface area contributed by atoms with E-state index in [2.05, 4.69) is 5.32 Å². The number of amides is 1. The summed E-state index contributed by atoms with van der Waals surface area (Å²) >= 11 is 6.88. The van der Waals surface area contributed by atoms with Gasteiger partial charge in [-0.05, 0) is 30.3 Å². The molecular weight excluding hydrogens is 367 g/mol. The van der Waals surface area contributed by atoms with Gasteiger partial charge in [0.15, 0.2) is 6.61 Å². The highest BCUT2D eigenvalue weighted by atomic mass is 35.5. The Morgan fingerprint density at radius 1 is 1.28 bits per heavy atom. The molecule has 1 amide bonds. The second-order valence-corrected chi connectivity index (χ2v) is 6.15. The van der Waals surface area contributed by atoms with Crippen molar-refractivity contribution in [3.8, 4) is 6.07 Å². The van der Waals surface area contributed by atoms with E-state index < -0.39 is 24.3 Å². The molecule has 0 spiro atoms. The summed E-state index contributed by atoms with van der Waals surface area (Å²) in [6, 6.07) is 12.4. The van der Waals surface area contributed by atoms with E-state index in [1.54, 1.807) is 24.3 Å². The molecule has 0 aliphatic carbocycles. The number of carbonyl (C=O) groups excluding carboxylic acids is 2. The zero-order chi connectivity index (χ0) is 18.2. The van der Waals surface area contributed by atoms with Crippen molar-refractivity contribution in [3.63, 3.8) is 0 Å². The van der Waals surface area contributed by atoms with Gasteiger partial charge in [-0.3, -0.25) is 4.79 Å². The molecule has 2 rings (SSSR count). The Labute approximate surface area is 152 Å². The predicted octanol–water partition coefficient (Wildman–Crippen LogP) is 3.89. The molecule has 0 radical (unpaired) electrons. The van der Waals surface area contributed by atoms with E-state index in [-0.39, 0.29) is 16.3 Å².